The molecule has 10 heteroatoms. The van der Waals surface area contributed by atoms with Crippen molar-refractivity contribution in [2.24, 2.45) is 0 Å². The highest BCUT2D eigenvalue weighted by molar-refractivity contribution is 7.89. The van der Waals surface area contributed by atoms with Crippen LogP contribution in [-0.2, 0) is 26.0 Å². The number of amides is 1. The molecular formula is C29H39N3O6S. The molecule has 4 rings (SSSR count). The highest BCUT2D eigenvalue weighted by Gasteiger charge is 2.40. The van der Waals surface area contributed by atoms with Gasteiger partial charge < -0.3 is 20.1 Å². The standard InChI is InChI=1S/C29H39N3O6S/c1-22-8-14-25(15-9-22)39(36,37)32-19-5-7-27(32)28(33)30-26(29(34)35)21-23-10-12-24(13-11-23)38-20-6-18-31-16-3-2-4-17-31/h8-15,26-27H,2-7,16-21H2,1H3,(H,30,33)(H,34,35)/t26-,27-/m0/s1. The normalized spacial score (nSPS) is 19.5. The maximum absolute atomic E-state index is 13.2. The van der Waals surface area contributed by atoms with Crippen LogP contribution in [0.3, 0.4) is 0 Å². The van der Waals surface area contributed by atoms with Crippen LogP contribution in [0.25, 0.3) is 0 Å². The zero-order valence-electron chi connectivity index (χ0n) is 22.5. The first-order valence-electron chi connectivity index (χ1n) is 13.8. The van der Waals surface area contributed by atoms with E-state index in [9.17, 15) is 23.1 Å². The summed E-state index contributed by atoms with van der Waals surface area (Å²) in [4.78, 5) is 27.7. The van der Waals surface area contributed by atoms with Crippen LogP contribution < -0.4 is 10.1 Å². The first-order chi connectivity index (χ1) is 18.7. The van der Waals surface area contributed by atoms with Gasteiger partial charge in [0.2, 0.25) is 15.9 Å². The van der Waals surface area contributed by atoms with Gasteiger partial charge >= 0.3 is 5.97 Å². The maximum Gasteiger partial charge on any atom is 0.326 e. The minimum atomic E-state index is -3.88. The van der Waals surface area contributed by atoms with Crippen molar-refractivity contribution in [3.8, 4) is 5.75 Å². The lowest BCUT2D eigenvalue weighted by Crippen LogP contribution is -2.51. The number of piperidine rings is 1. The lowest BCUT2D eigenvalue weighted by molar-refractivity contribution is -0.142. The van der Waals surface area contributed by atoms with Crippen molar-refractivity contribution in [1.82, 2.24) is 14.5 Å². The molecule has 2 heterocycles. The van der Waals surface area contributed by atoms with E-state index in [1.54, 1.807) is 24.3 Å². The first-order valence-corrected chi connectivity index (χ1v) is 15.2. The minimum absolute atomic E-state index is 0.0771. The summed E-state index contributed by atoms with van der Waals surface area (Å²) in [6, 6.07) is 11.6. The number of nitrogens with zero attached hydrogens (tertiary/aromatic N) is 2. The zero-order valence-corrected chi connectivity index (χ0v) is 23.4. The molecule has 2 aromatic carbocycles. The summed E-state index contributed by atoms with van der Waals surface area (Å²) in [6.07, 6.45) is 5.76. The third-order valence-electron chi connectivity index (χ3n) is 7.45. The van der Waals surface area contributed by atoms with Gasteiger partial charge in [0.15, 0.2) is 0 Å². The molecule has 0 unspecified atom stereocenters. The van der Waals surface area contributed by atoms with Crippen molar-refractivity contribution in [3.63, 3.8) is 0 Å². The van der Waals surface area contributed by atoms with Gasteiger partial charge in [0.1, 0.15) is 17.8 Å². The van der Waals surface area contributed by atoms with Gasteiger partial charge in [0, 0.05) is 19.5 Å². The molecule has 39 heavy (non-hydrogen) atoms. The van der Waals surface area contributed by atoms with Gasteiger partial charge in [0.05, 0.1) is 11.5 Å². The first kappa shape index (κ1) is 29.0. The van der Waals surface area contributed by atoms with E-state index in [4.69, 9.17) is 4.74 Å². The molecule has 2 fully saturated rings. The summed E-state index contributed by atoms with van der Waals surface area (Å²) in [5.41, 5.74) is 1.67. The number of hydrogen-bond donors (Lipinski definition) is 2. The third-order valence-corrected chi connectivity index (χ3v) is 9.37. The van der Waals surface area contributed by atoms with Crippen LogP contribution in [0, 0.1) is 6.92 Å². The van der Waals surface area contributed by atoms with E-state index in [-0.39, 0.29) is 17.9 Å². The Labute approximate surface area is 231 Å². The number of rotatable bonds is 12. The number of nitrogens with one attached hydrogen (secondary N) is 1. The SMILES string of the molecule is Cc1ccc(S(=O)(=O)N2CCC[C@H]2C(=O)N[C@@H](Cc2ccc(OCCCN3CCCCC3)cc2)C(=O)O)cc1. The quantitative estimate of drug-likeness (QED) is 0.385. The number of likely N-dealkylation sites (tertiary alicyclic amines) is 1. The highest BCUT2D eigenvalue weighted by Crippen LogP contribution is 2.27. The Bertz CT molecular complexity index is 1210. The largest absolute Gasteiger partial charge is 0.494 e. The minimum Gasteiger partial charge on any atom is -0.494 e. The summed E-state index contributed by atoms with van der Waals surface area (Å²) in [7, 11) is -3.88. The van der Waals surface area contributed by atoms with Gasteiger partial charge in [0.25, 0.3) is 0 Å². The van der Waals surface area contributed by atoms with Crippen LogP contribution in [0.1, 0.15) is 49.7 Å². The van der Waals surface area contributed by atoms with Gasteiger partial charge in [-0.05, 0) is 81.9 Å². The predicted octanol–water partition coefficient (Wildman–Crippen LogP) is 3.22. The van der Waals surface area contributed by atoms with Crippen molar-refractivity contribution in [2.45, 2.75) is 68.8 Å². The second-order valence-corrected chi connectivity index (χ2v) is 12.3. The fraction of sp³-hybridized carbons (Fsp3) is 0.517. The Kier molecular flexibility index (Phi) is 9.99. The molecule has 0 spiro atoms. The van der Waals surface area contributed by atoms with Gasteiger partial charge in [-0.3, -0.25) is 4.79 Å². The van der Waals surface area contributed by atoms with E-state index in [0.29, 0.717) is 19.4 Å². The van der Waals surface area contributed by atoms with Crippen LogP contribution in [-0.4, -0.2) is 79.5 Å². The van der Waals surface area contributed by atoms with E-state index in [0.717, 1.165) is 42.9 Å². The molecule has 0 saturated carbocycles. The molecule has 0 radical (unpaired) electrons. The highest BCUT2D eigenvalue weighted by atomic mass is 32.2. The monoisotopic (exact) mass is 557 g/mol. The number of benzene rings is 2. The van der Waals surface area contributed by atoms with Gasteiger partial charge in [-0.25, -0.2) is 13.2 Å². The van der Waals surface area contributed by atoms with E-state index in [2.05, 4.69) is 10.2 Å². The van der Waals surface area contributed by atoms with Crippen LogP contribution in [0.15, 0.2) is 53.4 Å². The number of aliphatic carboxylic acids is 1. The lowest BCUT2D eigenvalue weighted by Gasteiger charge is -2.26. The molecule has 2 saturated heterocycles. The Hall–Kier alpha value is -2.95. The number of aryl methyl sites for hydroxylation is 1. The molecule has 212 valence electrons. The number of carbonyl (C=O) groups is 2. The Morgan fingerprint density at radius 3 is 2.36 bits per heavy atom. The fourth-order valence-electron chi connectivity index (χ4n) is 5.22. The molecule has 0 bridgehead atoms. The molecule has 9 nitrogen and oxygen atoms in total. The Morgan fingerprint density at radius 1 is 1.00 bits per heavy atom. The van der Waals surface area contributed by atoms with Crippen LogP contribution >= 0.6 is 0 Å². The van der Waals surface area contributed by atoms with Crippen molar-refractivity contribution in [1.29, 1.82) is 0 Å². The molecule has 1 amide bonds. The van der Waals surface area contributed by atoms with Crippen LogP contribution in [0.4, 0.5) is 0 Å². The van der Waals surface area contributed by atoms with Crippen LogP contribution in [0.2, 0.25) is 0 Å². The van der Waals surface area contributed by atoms with Crippen molar-refractivity contribution in [2.75, 3.05) is 32.8 Å². The number of carboxylic acids is 1. The molecule has 2 aromatic rings. The summed E-state index contributed by atoms with van der Waals surface area (Å²) in [5, 5.41) is 12.4. The second kappa shape index (κ2) is 13.4. The summed E-state index contributed by atoms with van der Waals surface area (Å²) < 4.78 is 33.4. The smallest absolute Gasteiger partial charge is 0.326 e. The molecule has 2 aliphatic rings. The molecule has 2 N–H and O–H groups in total. The second-order valence-electron chi connectivity index (χ2n) is 10.4. The number of ether oxygens (including phenoxy) is 1. The molecule has 0 aliphatic carbocycles. The number of carbonyl (C=O) groups excluding carboxylic acids is 1. The molecule has 0 aromatic heterocycles. The van der Waals surface area contributed by atoms with Crippen LogP contribution in [0.5, 0.6) is 5.75 Å². The fourth-order valence-corrected chi connectivity index (χ4v) is 6.88. The summed E-state index contributed by atoms with van der Waals surface area (Å²) in [5.74, 6) is -1.05. The lowest BCUT2D eigenvalue weighted by atomic mass is 10.1. The third kappa shape index (κ3) is 7.80. The number of sulfonamides is 1. The van der Waals surface area contributed by atoms with Gasteiger partial charge in [-0.1, -0.05) is 36.2 Å². The van der Waals surface area contributed by atoms with Crippen molar-refractivity contribution < 1.29 is 27.9 Å². The van der Waals surface area contributed by atoms with Gasteiger partial charge in [-0.15, -0.1) is 0 Å². The van der Waals surface area contributed by atoms with Crippen molar-refractivity contribution >= 4 is 21.9 Å². The predicted molar refractivity (Wildman–Crippen MR) is 148 cm³/mol. The van der Waals surface area contributed by atoms with E-state index < -0.39 is 34.0 Å². The average molecular weight is 558 g/mol. The topological polar surface area (TPSA) is 116 Å². The number of carboxylic acid groups (broad SMARTS) is 1. The molecule has 2 aliphatic heterocycles. The van der Waals surface area contributed by atoms with E-state index >= 15 is 0 Å². The molecule has 2 atom stereocenters. The van der Waals surface area contributed by atoms with Crippen molar-refractivity contribution in [3.05, 3.63) is 59.7 Å². The zero-order chi connectivity index (χ0) is 27.8. The number of hydrogen-bond acceptors (Lipinski definition) is 6. The summed E-state index contributed by atoms with van der Waals surface area (Å²) in [6.45, 7) is 6.06. The summed E-state index contributed by atoms with van der Waals surface area (Å²) >= 11 is 0. The average Bonchev–Trinajstić information content (AvgIpc) is 3.44. The van der Waals surface area contributed by atoms with E-state index in [1.165, 1.54) is 35.7 Å². The van der Waals surface area contributed by atoms with E-state index in [1.807, 2.05) is 19.1 Å². The Morgan fingerprint density at radius 2 is 1.69 bits per heavy atom. The Balaban J connectivity index is 1.31. The van der Waals surface area contributed by atoms with Gasteiger partial charge in [-0.2, -0.15) is 4.31 Å². The maximum atomic E-state index is 13.2. The molecular weight excluding hydrogens is 518 g/mol.